The number of hydrogen-bond donors (Lipinski definition) is 3. The summed E-state index contributed by atoms with van der Waals surface area (Å²) in [6, 6.07) is 9.48. The summed E-state index contributed by atoms with van der Waals surface area (Å²) in [5.41, 5.74) is 2.04. The number of rotatable bonds is 4. The number of anilines is 1. The lowest BCUT2D eigenvalue weighted by Crippen LogP contribution is -2.62. The van der Waals surface area contributed by atoms with Gasteiger partial charge in [-0.1, -0.05) is 0 Å². The van der Waals surface area contributed by atoms with Gasteiger partial charge in [0.15, 0.2) is 5.82 Å². The quantitative estimate of drug-likeness (QED) is 0.491. The minimum absolute atomic E-state index is 0.0546. The lowest BCUT2D eigenvalue weighted by Gasteiger charge is -2.49. The number of methoxy groups -OCH3 is 1. The van der Waals surface area contributed by atoms with Gasteiger partial charge in [-0.25, -0.2) is 0 Å². The van der Waals surface area contributed by atoms with Crippen molar-refractivity contribution in [3.63, 3.8) is 0 Å². The first-order valence-electron chi connectivity index (χ1n) is 11.1. The van der Waals surface area contributed by atoms with Crippen LogP contribution >= 0.6 is 0 Å². The van der Waals surface area contributed by atoms with E-state index in [1.54, 1.807) is 25.4 Å². The van der Waals surface area contributed by atoms with Gasteiger partial charge in [-0.2, -0.15) is 0 Å². The van der Waals surface area contributed by atoms with Crippen LogP contribution in [0.25, 0.3) is 22.2 Å². The standard InChI is InChI=1S/C24H31N5O2.CH2O2/c1-23(2)13-15(14-24(3,4)28-23)29(5)22-8-7-18(26-27-22)16-11-19-17(12-20(16)30)21(31-6)9-10-25-19;2-1-3/h7-12,15,28,30H,13-14H2,1-6H3;1H,(H,2,3). The maximum Gasteiger partial charge on any atom is 0.290 e. The van der Waals surface area contributed by atoms with Gasteiger partial charge in [0.1, 0.15) is 11.5 Å². The fourth-order valence-corrected chi connectivity index (χ4v) is 4.93. The number of phenolic OH excluding ortho intramolecular Hbond substituents is 1. The second-order valence-corrected chi connectivity index (χ2v) is 9.85. The molecule has 0 saturated carbocycles. The Kier molecular flexibility index (Phi) is 7.26. The van der Waals surface area contributed by atoms with Crippen LogP contribution in [0.1, 0.15) is 40.5 Å². The monoisotopic (exact) mass is 467 g/mol. The predicted octanol–water partition coefficient (Wildman–Crippen LogP) is 3.85. The number of carbonyl (C=O) groups is 1. The summed E-state index contributed by atoms with van der Waals surface area (Å²) in [5, 5.41) is 30.9. The molecule has 0 atom stereocenters. The van der Waals surface area contributed by atoms with Crippen molar-refractivity contribution >= 4 is 23.2 Å². The number of nitrogens with one attached hydrogen (secondary N) is 1. The molecule has 9 heteroatoms. The highest BCUT2D eigenvalue weighted by molar-refractivity contribution is 5.91. The van der Waals surface area contributed by atoms with Gasteiger partial charge < -0.3 is 25.2 Å². The summed E-state index contributed by atoms with van der Waals surface area (Å²) in [6.07, 6.45) is 3.73. The summed E-state index contributed by atoms with van der Waals surface area (Å²) in [5.74, 6) is 1.61. The highest BCUT2D eigenvalue weighted by Crippen LogP contribution is 2.36. The number of aromatic nitrogens is 3. The van der Waals surface area contributed by atoms with E-state index in [9.17, 15) is 5.11 Å². The number of fused-ring (bicyclic) bond motifs is 1. The molecule has 1 aromatic carbocycles. The molecule has 1 aliphatic rings. The van der Waals surface area contributed by atoms with Gasteiger partial charge in [0.2, 0.25) is 0 Å². The van der Waals surface area contributed by atoms with Crippen LogP contribution in [-0.4, -0.2) is 63.1 Å². The topological polar surface area (TPSA) is 121 Å². The number of piperidine rings is 1. The zero-order valence-electron chi connectivity index (χ0n) is 20.5. The molecule has 0 unspecified atom stereocenters. The van der Waals surface area contributed by atoms with Crippen LogP contribution in [0.15, 0.2) is 36.5 Å². The van der Waals surface area contributed by atoms with Crippen molar-refractivity contribution in [2.45, 2.75) is 57.7 Å². The van der Waals surface area contributed by atoms with E-state index < -0.39 is 0 Å². The number of phenols is 1. The van der Waals surface area contributed by atoms with E-state index in [2.05, 4.69) is 60.1 Å². The van der Waals surface area contributed by atoms with Crippen LogP contribution in [-0.2, 0) is 4.79 Å². The zero-order chi connectivity index (χ0) is 25.1. The average Bonchev–Trinajstić information content (AvgIpc) is 2.76. The summed E-state index contributed by atoms with van der Waals surface area (Å²) >= 11 is 0. The highest BCUT2D eigenvalue weighted by Gasteiger charge is 2.39. The Bertz CT molecular complexity index is 1130. The Morgan fingerprint density at radius 2 is 1.76 bits per heavy atom. The molecule has 3 N–H and O–H groups in total. The fraction of sp³-hybridized carbons (Fsp3) is 0.440. The van der Waals surface area contributed by atoms with Crippen molar-refractivity contribution in [2.75, 3.05) is 19.1 Å². The molecule has 3 aromatic rings. The van der Waals surface area contributed by atoms with Crippen molar-refractivity contribution in [3.05, 3.63) is 36.5 Å². The molecule has 182 valence electrons. The third-order valence-corrected chi connectivity index (χ3v) is 6.04. The van der Waals surface area contributed by atoms with E-state index in [4.69, 9.17) is 14.6 Å². The van der Waals surface area contributed by atoms with Gasteiger partial charge in [-0.15, -0.1) is 10.2 Å². The maximum atomic E-state index is 10.6. The van der Waals surface area contributed by atoms with Gasteiger partial charge in [0.25, 0.3) is 6.47 Å². The van der Waals surface area contributed by atoms with Gasteiger partial charge in [0, 0.05) is 41.3 Å². The predicted molar refractivity (Wildman–Crippen MR) is 132 cm³/mol. The van der Waals surface area contributed by atoms with E-state index in [0.717, 1.165) is 29.6 Å². The lowest BCUT2D eigenvalue weighted by atomic mass is 9.79. The van der Waals surface area contributed by atoms with E-state index in [0.29, 0.717) is 23.0 Å². The molecule has 0 radical (unpaired) electrons. The Hall–Kier alpha value is -3.46. The van der Waals surface area contributed by atoms with E-state index in [1.807, 2.05) is 18.2 Å². The Morgan fingerprint density at radius 1 is 1.12 bits per heavy atom. The second-order valence-electron chi connectivity index (χ2n) is 9.85. The molecule has 9 nitrogen and oxygen atoms in total. The Labute approximate surface area is 199 Å². The highest BCUT2D eigenvalue weighted by atomic mass is 16.5. The SMILES string of the molecule is COc1ccnc2cc(-c3ccc(N(C)C4CC(C)(C)NC(C)(C)C4)nn3)c(O)cc12.O=CO. The first-order valence-corrected chi connectivity index (χ1v) is 11.1. The van der Waals surface area contributed by atoms with Crippen LogP contribution < -0.4 is 15.0 Å². The zero-order valence-corrected chi connectivity index (χ0v) is 20.5. The average molecular weight is 468 g/mol. The van der Waals surface area contributed by atoms with Gasteiger partial charge in [-0.3, -0.25) is 9.78 Å². The molecule has 0 aliphatic carbocycles. The van der Waals surface area contributed by atoms with Crippen molar-refractivity contribution in [1.82, 2.24) is 20.5 Å². The minimum Gasteiger partial charge on any atom is -0.507 e. The summed E-state index contributed by atoms with van der Waals surface area (Å²) < 4.78 is 5.37. The van der Waals surface area contributed by atoms with Crippen LogP contribution in [0.4, 0.5) is 5.82 Å². The summed E-state index contributed by atoms with van der Waals surface area (Å²) in [4.78, 5) is 15.0. The molecule has 0 amide bonds. The molecule has 2 aromatic heterocycles. The van der Waals surface area contributed by atoms with Gasteiger partial charge in [-0.05, 0) is 70.9 Å². The van der Waals surface area contributed by atoms with Crippen LogP contribution in [0.2, 0.25) is 0 Å². The van der Waals surface area contributed by atoms with Crippen molar-refractivity contribution < 1.29 is 19.7 Å². The first kappa shape index (κ1) is 25.2. The molecule has 1 fully saturated rings. The van der Waals surface area contributed by atoms with Crippen LogP contribution in [0.3, 0.4) is 0 Å². The second kappa shape index (κ2) is 9.80. The number of hydrogen-bond acceptors (Lipinski definition) is 8. The van der Waals surface area contributed by atoms with E-state index in [-0.39, 0.29) is 23.3 Å². The van der Waals surface area contributed by atoms with Crippen LogP contribution in [0, 0.1) is 0 Å². The molecular formula is C25H33N5O4. The third kappa shape index (κ3) is 5.53. The maximum absolute atomic E-state index is 10.6. The molecule has 0 bridgehead atoms. The number of benzene rings is 1. The Balaban J connectivity index is 0.00000103. The number of aromatic hydroxyl groups is 1. The number of nitrogens with zero attached hydrogens (tertiary/aromatic N) is 4. The molecule has 3 heterocycles. The molecule has 4 rings (SSSR count). The number of ether oxygens (including phenoxy) is 1. The molecule has 1 aliphatic heterocycles. The summed E-state index contributed by atoms with van der Waals surface area (Å²) in [7, 11) is 3.68. The molecule has 34 heavy (non-hydrogen) atoms. The number of carboxylic acid groups (broad SMARTS) is 1. The van der Waals surface area contributed by atoms with Gasteiger partial charge >= 0.3 is 0 Å². The van der Waals surface area contributed by atoms with Crippen molar-refractivity contribution in [1.29, 1.82) is 0 Å². The van der Waals surface area contributed by atoms with Crippen molar-refractivity contribution in [3.8, 4) is 22.8 Å². The fourth-order valence-electron chi connectivity index (χ4n) is 4.93. The molecular weight excluding hydrogens is 434 g/mol. The minimum atomic E-state index is -0.250. The first-order chi connectivity index (χ1) is 16.0. The van der Waals surface area contributed by atoms with E-state index in [1.165, 1.54) is 0 Å². The molecule has 1 saturated heterocycles. The van der Waals surface area contributed by atoms with Crippen LogP contribution in [0.5, 0.6) is 11.5 Å². The smallest absolute Gasteiger partial charge is 0.290 e. The molecule has 0 spiro atoms. The van der Waals surface area contributed by atoms with E-state index >= 15 is 0 Å². The number of pyridine rings is 1. The third-order valence-electron chi connectivity index (χ3n) is 6.04. The van der Waals surface area contributed by atoms with Crippen molar-refractivity contribution in [2.24, 2.45) is 0 Å². The largest absolute Gasteiger partial charge is 0.507 e. The van der Waals surface area contributed by atoms with Gasteiger partial charge in [0.05, 0.1) is 18.3 Å². The normalized spacial score (nSPS) is 16.9. The lowest BCUT2D eigenvalue weighted by molar-refractivity contribution is -0.122. The Morgan fingerprint density at radius 3 is 2.32 bits per heavy atom. The summed E-state index contributed by atoms with van der Waals surface area (Å²) in [6.45, 7) is 8.73.